The third-order valence-corrected chi connectivity index (χ3v) is 3.83. The summed E-state index contributed by atoms with van der Waals surface area (Å²) in [5.41, 5.74) is 3.36. The van der Waals surface area contributed by atoms with E-state index in [2.05, 4.69) is 31.0 Å². The fourth-order valence-corrected chi connectivity index (χ4v) is 2.44. The summed E-state index contributed by atoms with van der Waals surface area (Å²) in [5, 5.41) is 4.34. The van der Waals surface area contributed by atoms with Gasteiger partial charge in [0.25, 0.3) is 5.56 Å². The zero-order valence-electron chi connectivity index (χ0n) is 10.8. The lowest BCUT2D eigenvalue weighted by Gasteiger charge is -2.05. The Kier molecular flexibility index (Phi) is 3.38. The number of halogens is 1. The SMILES string of the molecule is CCc1nc(-c2c(C)nn(C)c2C)[nH]c(=O)c1Br. The van der Waals surface area contributed by atoms with Gasteiger partial charge in [-0.15, -0.1) is 0 Å². The van der Waals surface area contributed by atoms with Crippen LogP contribution in [0.2, 0.25) is 0 Å². The van der Waals surface area contributed by atoms with Gasteiger partial charge in [-0.25, -0.2) is 4.98 Å². The lowest BCUT2D eigenvalue weighted by molar-refractivity contribution is 0.731. The maximum absolute atomic E-state index is 11.9. The van der Waals surface area contributed by atoms with Gasteiger partial charge in [0.05, 0.1) is 17.0 Å². The van der Waals surface area contributed by atoms with Crippen molar-refractivity contribution < 1.29 is 0 Å². The number of nitrogens with one attached hydrogen (secondary N) is 1. The second-order valence-corrected chi connectivity index (χ2v) is 4.99. The Morgan fingerprint density at radius 2 is 2.06 bits per heavy atom. The molecule has 2 aromatic heterocycles. The van der Waals surface area contributed by atoms with E-state index < -0.39 is 0 Å². The molecule has 0 aliphatic carbocycles. The van der Waals surface area contributed by atoms with Crippen LogP contribution in [0.1, 0.15) is 24.0 Å². The third-order valence-electron chi connectivity index (χ3n) is 3.01. The molecule has 0 saturated heterocycles. The summed E-state index contributed by atoms with van der Waals surface area (Å²) in [6.45, 7) is 5.85. The highest BCUT2D eigenvalue weighted by molar-refractivity contribution is 9.10. The van der Waals surface area contributed by atoms with E-state index >= 15 is 0 Å². The second kappa shape index (κ2) is 4.68. The van der Waals surface area contributed by atoms with Crippen LogP contribution in [-0.2, 0) is 13.5 Å². The molecule has 96 valence electrons. The Balaban J connectivity index is 2.72. The van der Waals surface area contributed by atoms with Gasteiger partial charge in [-0.1, -0.05) is 6.92 Å². The average Bonchev–Trinajstić information content (AvgIpc) is 2.57. The van der Waals surface area contributed by atoms with Crippen molar-refractivity contribution in [2.75, 3.05) is 0 Å². The van der Waals surface area contributed by atoms with E-state index in [1.54, 1.807) is 4.68 Å². The smallest absolute Gasteiger partial charge is 0.265 e. The molecule has 2 aromatic rings. The number of H-pyrrole nitrogens is 1. The van der Waals surface area contributed by atoms with Crippen molar-refractivity contribution in [2.24, 2.45) is 7.05 Å². The number of aromatic amines is 1. The molecule has 0 amide bonds. The molecule has 0 spiro atoms. The standard InChI is InChI=1S/C12H15BrN4O/c1-5-8-10(13)12(18)15-11(14-8)9-6(2)16-17(4)7(9)3/h5H2,1-4H3,(H,14,15,18). The van der Waals surface area contributed by atoms with E-state index in [9.17, 15) is 4.79 Å². The Morgan fingerprint density at radius 3 is 2.56 bits per heavy atom. The topological polar surface area (TPSA) is 63.6 Å². The van der Waals surface area contributed by atoms with Crippen LogP contribution in [0.25, 0.3) is 11.4 Å². The molecule has 6 heteroatoms. The molecule has 0 fully saturated rings. The molecule has 18 heavy (non-hydrogen) atoms. The molecule has 0 aliphatic rings. The van der Waals surface area contributed by atoms with Crippen molar-refractivity contribution in [3.8, 4) is 11.4 Å². The zero-order chi connectivity index (χ0) is 13.4. The summed E-state index contributed by atoms with van der Waals surface area (Å²) in [6, 6.07) is 0. The van der Waals surface area contributed by atoms with Crippen LogP contribution in [-0.4, -0.2) is 19.7 Å². The molecule has 2 heterocycles. The van der Waals surface area contributed by atoms with Crippen LogP contribution in [0.15, 0.2) is 9.27 Å². The predicted molar refractivity (Wildman–Crippen MR) is 73.6 cm³/mol. The quantitative estimate of drug-likeness (QED) is 0.924. The van der Waals surface area contributed by atoms with Gasteiger partial charge in [-0.05, 0) is 36.2 Å². The number of aryl methyl sites for hydroxylation is 3. The lowest BCUT2D eigenvalue weighted by atomic mass is 10.2. The Hall–Kier alpha value is -1.43. The predicted octanol–water partition coefficient (Wildman–Crippen LogP) is 2.11. The summed E-state index contributed by atoms with van der Waals surface area (Å²) in [7, 11) is 1.88. The normalized spacial score (nSPS) is 10.9. The van der Waals surface area contributed by atoms with Crippen LogP contribution >= 0.6 is 15.9 Å². The fourth-order valence-electron chi connectivity index (χ4n) is 1.97. The highest BCUT2D eigenvalue weighted by atomic mass is 79.9. The molecule has 0 aromatic carbocycles. The molecule has 1 N–H and O–H groups in total. The van der Waals surface area contributed by atoms with E-state index in [1.807, 2.05) is 27.8 Å². The highest BCUT2D eigenvalue weighted by Gasteiger charge is 2.16. The van der Waals surface area contributed by atoms with Gasteiger partial charge in [0.1, 0.15) is 10.3 Å². The first-order chi connectivity index (χ1) is 8.45. The highest BCUT2D eigenvalue weighted by Crippen LogP contribution is 2.23. The first kappa shape index (κ1) is 13.0. The molecule has 0 saturated carbocycles. The number of hydrogen-bond acceptors (Lipinski definition) is 3. The number of rotatable bonds is 2. The minimum atomic E-state index is -0.153. The number of aromatic nitrogens is 4. The monoisotopic (exact) mass is 310 g/mol. The molecule has 2 rings (SSSR count). The van der Waals surface area contributed by atoms with Crippen molar-refractivity contribution in [1.82, 2.24) is 19.7 Å². The van der Waals surface area contributed by atoms with Crippen molar-refractivity contribution in [3.63, 3.8) is 0 Å². The molecule has 0 atom stereocenters. The van der Waals surface area contributed by atoms with E-state index in [1.165, 1.54) is 0 Å². The van der Waals surface area contributed by atoms with Gasteiger partial charge in [0.2, 0.25) is 0 Å². The number of hydrogen-bond donors (Lipinski definition) is 1. The number of nitrogens with zero attached hydrogens (tertiary/aromatic N) is 3. The van der Waals surface area contributed by atoms with E-state index in [0.717, 1.165) is 22.6 Å². The van der Waals surface area contributed by atoms with Gasteiger partial charge >= 0.3 is 0 Å². The third kappa shape index (κ3) is 2.01. The molecule has 0 bridgehead atoms. The van der Waals surface area contributed by atoms with Gasteiger partial charge in [-0.3, -0.25) is 9.48 Å². The average molecular weight is 311 g/mol. The maximum Gasteiger partial charge on any atom is 0.265 e. The van der Waals surface area contributed by atoms with E-state index in [4.69, 9.17) is 0 Å². The molecular formula is C12H15BrN4O. The molecule has 0 aliphatic heterocycles. The fraction of sp³-hybridized carbons (Fsp3) is 0.417. The molecule has 5 nitrogen and oxygen atoms in total. The molecular weight excluding hydrogens is 296 g/mol. The summed E-state index contributed by atoms with van der Waals surface area (Å²) < 4.78 is 2.30. The van der Waals surface area contributed by atoms with Crippen LogP contribution in [0, 0.1) is 13.8 Å². The Labute approximate surface area is 113 Å². The largest absolute Gasteiger partial charge is 0.305 e. The molecule has 0 unspecified atom stereocenters. The van der Waals surface area contributed by atoms with Crippen LogP contribution in [0.5, 0.6) is 0 Å². The van der Waals surface area contributed by atoms with Crippen LogP contribution in [0.4, 0.5) is 0 Å². The van der Waals surface area contributed by atoms with Crippen molar-refractivity contribution in [3.05, 3.63) is 31.9 Å². The van der Waals surface area contributed by atoms with Crippen LogP contribution < -0.4 is 5.56 Å². The van der Waals surface area contributed by atoms with Crippen molar-refractivity contribution >= 4 is 15.9 Å². The maximum atomic E-state index is 11.9. The minimum Gasteiger partial charge on any atom is -0.305 e. The Bertz CT molecular complexity index is 657. The first-order valence-electron chi connectivity index (χ1n) is 5.75. The van der Waals surface area contributed by atoms with E-state index in [-0.39, 0.29) is 5.56 Å². The van der Waals surface area contributed by atoms with E-state index in [0.29, 0.717) is 16.7 Å². The van der Waals surface area contributed by atoms with Gasteiger partial charge < -0.3 is 4.98 Å². The van der Waals surface area contributed by atoms with Crippen LogP contribution in [0.3, 0.4) is 0 Å². The minimum absolute atomic E-state index is 0.153. The summed E-state index contributed by atoms with van der Waals surface area (Å²) in [6.07, 6.45) is 0.704. The second-order valence-electron chi connectivity index (χ2n) is 4.20. The first-order valence-corrected chi connectivity index (χ1v) is 6.54. The zero-order valence-corrected chi connectivity index (χ0v) is 12.4. The molecule has 0 radical (unpaired) electrons. The lowest BCUT2D eigenvalue weighted by Crippen LogP contribution is -2.13. The van der Waals surface area contributed by atoms with Gasteiger partial charge in [0.15, 0.2) is 0 Å². The van der Waals surface area contributed by atoms with Gasteiger partial charge in [-0.2, -0.15) is 5.10 Å². The summed E-state index contributed by atoms with van der Waals surface area (Å²) in [4.78, 5) is 19.1. The van der Waals surface area contributed by atoms with Crippen molar-refractivity contribution in [1.29, 1.82) is 0 Å². The van der Waals surface area contributed by atoms with Gasteiger partial charge in [0, 0.05) is 12.7 Å². The Morgan fingerprint density at radius 1 is 1.39 bits per heavy atom. The summed E-state index contributed by atoms with van der Waals surface area (Å²) >= 11 is 3.26. The summed E-state index contributed by atoms with van der Waals surface area (Å²) in [5.74, 6) is 0.586. The van der Waals surface area contributed by atoms with Crippen molar-refractivity contribution in [2.45, 2.75) is 27.2 Å².